The van der Waals surface area contributed by atoms with E-state index in [0.29, 0.717) is 15.5 Å². The summed E-state index contributed by atoms with van der Waals surface area (Å²) in [4.78, 5) is 11.8. The molecule has 0 unspecified atom stereocenters. The second-order valence-corrected chi connectivity index (χ2v) is 5.74. The monoisotopic (exact) mass is 279 g/mol. The normalized spacial score (nSPS) is 10.3. The smallest absolute Gasteiger partial charge is 0.230 e. The third-order valence-electron chi connectivity index (χ3n) is 2.53. The van der Waals surface area contributed by atoms with Crippen LogP contribution in [0, 0.1) is 17.8 Å². The van der Waals surface area contributed by atoms with Crippen molar-refractivity contribution in [1.82, 2.24) is 10.2 Å². The average molecular weight is 279 g/mol. The maximum absolute atomic E-state index is 11.8. The summed E-state index contributed by atoms with van der Waals surface area (Å²) in [5.74, 6) is -0.0836. The van der Waals surface area contributed by atoms with Gasteiger partial charge in [-0.25, -0.2) is 0 Å². The number of rotatable bonds is 3. The van der Waals surface area contributed by atoms with Crippen LogP contribution in [0.3, 0.4) is 0 Å². The summed E-state index contributed by atoms with van der Waals surface area (Å²) in [6.45, 7) is 4.04. The Balaban J connectivity index is 2.05. The molecule has 2 aromatic rings. The molecule has 0 saturated carbocycles. The van der Waals surface area contributed by atoms with Gasteiger partial charge in [0, 0.05) is 0 Å². The van der Waals surface area contributed by atoms with E-state index in [1.165, 1.54) is 16.9 Å². The topological polar surface area (TPSA) is 57.8 Å². The van der Waals surface area contributed by atoms with Crippen molar-refractivity contribution in [2.24, 2.45) is 0 Å². The van der Waals surface area contributed by atoms with Crippen molar-refractivity contribution >= 4 is 34.6 Å². The molecule has 1 aromatic heterocycles. The Morgan fingerprint density at radius 1 is 1.50 bits per heavy atom. The lowest BCUT2D eigenvalue weighted by Gasteiger charge is -2.06. The van der Waals surface area contributed by atoms with Gasteiger partial charge < -0.3 is 5.32 Å². The third kappa shape index (κ3) is 3.24. The summed E-state index contributed by atoms with van der Waals surface area (Å²) in [6.07, 6.45) is 0.346. The van der Waals surface area contributed by atoms with Crippen molar-refractivity contribution in [3.05, 3.63) is 38.8 Å². The first-order valence-corrected chi connectivity index (χ1v) is 6.68. The highest BCUT2D eigenvalue weighted by Gasteiger charge is 2.08. The highest BCUT2D eigenvalue weighted by atomic mass is 32.1. The molecule has 2 rings (SSSR count). The highest BCUT2D eigenvalue weighted by molar-refractivity contribution is 7.73. The van der Waals surface area contributed by atoms with Gasteiger partial charge in [0.2, 0.25) is 11.0 Å². The summed E-state index contributed by atoms with van der Waals surface area (Å²) in [7, 11) is 0. The Bertz CT molecular complexity index is 630. The van der Waals surface area contributed by atoms with Crippen LogP contribution < -0.4 is 5.32 Å². The van der Waals surface area contributed by atoms with Crippen LogP contribution in [0.4, 0.5) is 5.13 Å². The van der Waals surface area contributed by atoms with Crippen LogP contribution in [0.5, 0.6) is 0 Å². The van der Waals surface area contributed by atoms with Gasteiger partial charge >= 0.3 is 0 Å². The van der Waals surface area contributed by atoms with Gasteiger partial charge in [0.1, 0.15) is 0 Å². The van der Waals surface area contributed by atoms with Crippen molar-refractivity contribution in [3.8, 4) is 0 Å². The molecule has 4 nitrogen and oxygen atoms in total. The molecule has 1 heterocycles. The van der Waals surface area contributed by atoms with Gasteiger partial charge in [-0.15, -0.1) is 5.10 Å². The van der Waals surface area contributed by atoms with Crippen LogP contribution >= 0.6 is 23.6 Å². The first-order chi connectivity index (χ1) is 8.54. The van der Waals surface area contributed by atoms with Crippen molar-refractivity contribution in [1.29, 1.82) is 0 Å². The number of aromatic amines is 1. The Labute approximate surface area is 114 Å². The lowest BCUT2D eigenvalue weighted by Crippen LogP contribution is -2.14. The van der Waals surface area contributed by atoms with Crippen LogP contribution in [0.1, 0.15) is 16.7 Å². The number of aromatic nitrogens is 2. The predicted molar refractivity (Wildman–Crippen MR) is 75.5 cm³/mol. The maximum atomic E-state index is 11.8. The fourth-order valence-electron chi connectivity index (χ4n) is 1.66. The molecular weight excluding hydrogens is 266 g/mol. The molecule has 0 bridgehead atoms. The van der Waals surface area contributed by atoms with Gasteiger partial charge in [0.25, 0.3) is 0 Å². The van der Waals surface area contributed by atoms with Crippen LogP contribution in [-0.2, 0) is 11.2 Å². The number of benzene rings is 1. The zero-order valence-corrected chi connectivity index (χ0v) is 11.7. The van der Waals surface area contributed by atoms with E-state index >= 15 is 0 Å². The fourth-order valence-corrected chi connectivity index (χ4v) is 2.47. The first-order valence-electron chi connectivity index (χ1n) is 5.46. The van der Waals surface area contributed by atoms with Gasteiger partial charge in [-0.3, -0.25) is 9.89 Å². The van der Waals surface area contributed by atoms with Gasteiger partial charge in [0.05, 0.1) is 6.42 Å². The van der Waals surface area contributed by atoms with E-state index in [-0.39, 0.29) is 5.91 Å². The van der Waals surface area contributed by atoms with Crippen LogP contribution in [-0.4, -0.2) is 16.1 Å². The fraction of sp³-hybridized carbons (Fsp3) is 0.250. The van der Waals surface area contributed by atoms with Crippen LogP contribution in [0.2, 0.25) is 0 Å². The lowest BCUT2D eigenvalue weighted by atomic mass is 10.0. The Morgan fingerprint density at radius 2 is 2.28 bits per heavy atom. The summed E-state index contributed by atoms with van der Waals surface area (Å²) >= 11 is 6.15. The Hall–Kier alpha value is -1.53. The minimum absolute atomic E-state index is 0.0836. The number of nitrogens with zero attached hydrogens (tertiary/aromatic N) is 1. The molecule has 0 fully saturated rings. The van der Waals surface area contributed by atoms with E-state index in [1.807, 2.05) is 26.0 Å². The minimum atomic E-state index is -0.0836. The van der Waals surface area contributed by atoms with E-state index < -0.39 is 0 Å². The highest BCUT2D eigenvalue weighted by Crippen LogP contribution is 2.14. The van der Waals surface area contributed by atoms with Crippen molar-refractivity contribution < 1.29 is 4.79 Å². The molecule has 0 saturated heterocycles. The molecule has 2 N–H and O–H groups in total. The maximum Gasteiger partial charge on any atom is 0.230 e. The van der Waals surface area contributed by atoms with Crippen molar-refractivity contribution in [3.63, 3.8) is 0 Å². The van der Waals surface area contributed by atoms with E-state index in [0.717, 1.165) is 11.1 Å². The molecule has 6 heteroatoms. The Morgan fingerprint density at radius 3 is 2.89 bits per heavy atom. The largest absolute Gasteiger partial charge is 0.300 e. The van der Waals surface area contributed by atoms with Crippen LogP contribution in [0.15, 0.2) is 18.2 Å². The van der Waals surface area contributed by atoms with Gasteiger partial charge in [-0.1, -0.05) is 35.1 Å². The van der Waals surface area contributed by atoms with Crippen molar-refractivity contribution in [2.75, 3.05) is 5.32 Å². The Kier molecular flexibility index (Phi) is 3.88. The second-order valence-electron chi connectivity index (χ2n) is 4.07. The van der Waals surface area contributed by atoms with Gasteiger partial charge in [0.15, 0.2) is 3.95 Å². The summed E-state index contributed by atoms with van der Waals surface area (Å²) in [5, 5.41) is 9.75. The number of anilines is 1. The number of aryl methyl sites for hydroxylation is 2. The molecule has 1 amide bonds. The molecule has 0 radical (unpaired) electrons. The number of nitrogens with one attached hydrogen (secondary N) is 2. The summed E-state index contributed by atoms with van der Waals surface area (Å²) < 4.78 is 0.553. The number of amides is 1. The van der Waals surface area contributed by atoms with Crippen LogP contribution in [0.25, 0.3) is 0 Å². The molecule has 0 aliphatic rings. The quantitative estimate of drug-likeness (QED) is 0.849. The second kappa shape index (κ2) is 5.41. The number of hydrogen-bond donors (Lipinski definition) is 2. The van der Waals surface area contributed by atoms with E-state index in [1.54, 1.807) is 0 Å². The standard InChI is InChI=1S/C12H13N3OS2/c1-7-3-4-9(8(2)5-7)6-10(16)13-11-14-15-12(17)18-11/h3-5H,6H2,1-2H3,(H,15,17)(H,13,14,16). The molecule has 94 valence electrons. The van der Waals surface area contributed by atoms with Crippen molar-refractivity contribution in [2.45, 2.75) is 20.3 Å². The number of carbonyl (C=O) groups excluding carboxylic acids is 1. The average Bonchev–Trinajstić information content (AvgIpc) is 2.68. The predicted octanol–water partition coefficient (Wildman–Crippen LogP) is 3.00. The number of H-pyrrole nitrogens is 1. The van der Waals surface area contributed by atoms with E-state index in [2.05, 4.69) is 21.6 Å². The van der Waals surface area contributed by atoms with Gasteiger partial charge in [-0.2, -0.15) is 0 Å². The molecule has 0 spiro atoms. The molecular formula is C12H13N3OS2. The first kappa shape index (κ1) is 12.9. The zero-order chi connectivity index (χ0) is 13.1. The molecule has 0 atom stereocenters. The number of carbonyl (C=O) groups is 1. The summed E-state index contributed by atoms with van der Waals surface area (Å²) in [5.41, 5.74) is 3.35. The van der Waals surface area contributed by atoms with E-state index in [4.69, 9.17) is 12.2 Å². The zero-order valence-electron chi connectivity index (χ0n) is 10.1. The molecule has 0 aliphatic heterocycles. The molecule has 0 aliphatic carbocycles. The minimum Gasteiger partial charge on any atom is -0.300 e. The summed E-state index contributed by atoms with van der Waals surface area (Å²) in [6, 6.07) is 6.06. The third-order valence-corrected chi connectivity index (χ3v) is 3.54. The number of hydrogen-bond acceptors (Lipinski definition) is 4. The van der Waals surface area contributed by atoms with Gasteiger partial charge in [-0.05, 0) is 37.2 Å². The SMILES string of the molecule is Cc1ccc(CC(=O)Nc2n[nH]c(=S)s2)c(C)c1. The lowest BCUT2D eigenvalue weighted by molar-refractivity contribution is -0.115. The molecule has 18 heavy (non-hydrogen) atoms. The molecule has 1 aromatic carbocycles. The van der Waals surface area contributed by atoms with E-state index in [9.17, 15) is 4.79 Å².